The first-order valence-corrected chi connectivity index (χ1v) is 13.1. The molecule has 1 amide bonds. The van der Waals surface area contributed by atoms with Crippen LogP contribution in [0.2, 0.25) is 0 Å². The average molecular weight is 544 g/mol. The number of ether oxygens (including phenoxy) is 1. The van der Waals surface area contributed by atoms with E-state index in [0.29, 0.717) is 50.5 Å². The second-order valence-electron chi connectivity index (χ2n) is 9.95. The lowest BCUT2D eigenvalue weighted by Crippen LogP contribution is -2.55. The molecule has 0 spiro atoms. The van der Waals surface area contributed by atoms with Gasteiger partial charge in [0.1, 0.15) is 6.54 Å². The molecule has 1 aromatic carbocycles. The van der Waals surface area contributed by atoms with Crippen LogP contribution in [0.25, 0.3) is 0 Å². The van der Waals surface area contributed by atoms with Crippen molar-refractivity contribution in [2.75, 3.05) is 42.6 Å². The monoisotopic (exact) mass is 543 g/mol. The number of aryl methyl sites for hydroxylation is 1. The van der Waals surface area contributed by atoms with Gasteiger partial charge in [-0.2, -0.15) is 18.3 Å². The number of alkyl halides is 3. The maximum Gasteiger partial charge on any atom is 0.416 e. The van der Waals surface area contributed by atoms with Crippen LogP contribution in [-0.4, -0.2) is 69.4 Å². The van der Waals surface area contributed by atoms with Crippen molar-refractivity contribution in [2.45, 2.75) is 52.5 Å². The molecular weight excluding hydrogens is 511 g/mol. The number of nitrogens with zero attached hydrogens (tertiary/aromatic N) is 7. The first kappa shape index (κ1) is 26.8. The summed E-state index contributed by atoms with van der Waals surface area (Å²) in [7, 11) is 0. The molecule has 39 heavy (non-hydrogen) atoms. The topological polar surface area (TPSA) is 79.6 Å². The summed E-state index contributed by atoms with van der Waals surface area (Å²) in [5, 5.41) is 4.30. The van der Waals surface area contributed by atoms with Crippen molar-refractivity contribution in [3.8, 4) is 6.01 Å². The van der Waals surface area contributed by atoms with Crippen molar-refractivity contribution in [3.05, 3.63) is 59.2 Å². The number of hydrogen-bond donors (Lipinski definition) is 0. The van der Waals surface area contributed by atoms with E-state index < -0.39 is 11.7 Å². The number of aromatic nitrogens is 4. The number of benzene rings is 1. The molecule has 2 aromatic heterocycles. The van der Waals surface area contributed by atoms with Crippen LogP contribution < -0.4 is 14.5 Å². The molecule has 0 aliphatic carbocycles. The first-order chi connectivity index (χ1) is 18.6. The predicted octanol–water partition coefficient (Wildman–Crippen LogP) is 3.70. The van der Waals surface area contributed by atoms with Gasteiger partial charge < -0.3 is 19.4 Å². The highest BCUT2D eigenvalue weighted by Crippen LogP contribution is 2.40. The molecule has 3 aromatic rings. The zero-order valence-electron chi connectivity index (χ0n) is 22.3. The lowest BCUT2D eigenvalue weighted by molar-refractivity contribution is -0.138. The second kappa shape index (κ2) is 10.7. The Hall–Kier alpha value is -3.83. The quantitative estimate of drug-likeness (QED) is 0.469. The number of rotatable bonds is 6. The highest BCUT2D eigenvalue weighted by molar-refractivity contribution is 5.77. The van der Waals surface area contributed by atoms with Gasteiger partial charge >= 0.3 is 12.2 Å². The fraction of sp³-hybridized carbons (Fsp3) is 0.481. The third kappa shape index (κ3) is 5.64. The normalized spacial score (nSPS) is 17.8. The molecule has 1 saturated heterocycles. The lowest BCUT2D eigenvalue weighted by Gasteiger charge is -2.43. The maximum atomic E-state index is 14.0. The van der Waals surface area contributed by atoms with E-state index in [1.165, 1.54) is 6.07 Å². The molecule has 4 heterocycles. The first-order valence-electron chi connectivity index (χ1n) is 13.1. The van der Waals surface area contributed by atoms with E-state index in [4.69, 9.17) is 4.74 Å². The maximum absolute atomic E-state index is 14.0. The Labute approximate surface area is 225 Å². The van der Waals surface area contributed by atoms with Gasteiger partial charge in [-0.1, -0.05) is 0 Å². The van der Waals surface area contributed by atoms with Gasteiger partial charge in [0.15, 0.2) is 0 Å². The zero-order valence-corrected chi connectivity index (χ0v) is 22.3. The summed E-state index contributed by atoms with van der Waals surface area (Å²) in [6, 6.07) is 4.79. The van der Waals surface area contributed by atoms with Crippen molar-refractivity contribution >= 4 is 17.3 Å². The van der Waals surface area contributed by atoms with Crippen molar-refractivity contribution in [2.24, 2.45) is 0 Å². The summed E-state index contributed by atoms with van der Waals surface area (Å²) < 4.78 is 48.8. The third-order valence-electron chi connectivity index (χ3n) is 7.31. The van der Waals surface area contributed by atoms with Crippen molar-refractivity contribution < 1.29 is 22.7 Å². The summed E-state index contributed by atoms with van der Waals surface area (Å²) in [6.45, 7) is 8.54. The number of anilines is 2. The smallest absolute Gasteiger partial charge is 0.416 e. The minimum atomic E-state index is -4.43. The fourth-order valence-corrected chi connectivity index (χ4v) is 5.45. The molecule has 9 nitrogen and oxygen atoms in total. The van der Waals surface area contributed by atoms with E-state index in [-0.39, 0.29) is 30.9 Å². The van der Waals surface area contributed by atoms with E-state index in [1.807, 2.05) is 36.6 Å². The highest BCUT2D eigenvalue weighted by Gasteiger charge is 2.38. The summed E-state index contributed by atoms with van der Waals surface area (Å²) >= 11 is 0. The van der Waals surface area contributed by atoms with E-state index in [2.05, 4.69) is 20.0 Å². The van der Waals surface area contributed by atoms with Gasteiger partial charge in [0.2, 0.25) is 5.91 Å². The number of carbonyl (C=O) groups is 1. The zero-order chi connectivity index (χ0) is 27.7. The van der Waals surface area contributed by atoms with Gasteiger partial charge in [-0.25, -0.2) is 9.97 Å². The molecule has 2 aliphatic rings. The van der Waals surface area contributed by atoms with Gasteiger partial charge in [-0.15, -0.1) is 0 Å². The van der Waals surface area contributed by atoms with E-state index in [1.54, 1.807) is 29.3 Å². The number of hydrogen-bond acceptors (Lipinski definition) is 7. The van der Waals surface area contributed by atoms with Crippen LogP contribution in [0.4, 0.5) is 24.5 Å². The van der Waals surface area contributed by atoms with Gasteiger partial charge in [0.25, 0.3) is 0 Å². The lowest BCUT2D eigenvalue weighted by atomic mass is 9.91. The van der Waals surface area contributed by atoms with Crippen LogP contribution in [0.15, 0.2) is 36.8 Å². The van der Waals surface area contributed by atoms with E-state index in [0.717, 1.165) is 17.1 Å². The minimum absolute atomic E-state index is 0.0265. The Morgan fingerprint density at radius 2 is 1.85 bits per heavy atom. The number of piperazine rings is 1. The standard InChI is InChI=1S/C27H32F3N7O2/c1-4-39-26-31-13-20(14-32-26)34-9-8-21-22(16-34)24(6-5-23(21)27(28,29)30)35-11-12-37(19(3)15-35)25(38)17-36-10-7-18(2)33-36/h5-7,10,13-14,19H,4,8-9,11-12,15-17H2,1-3H3/t19-/m0/s1. The predicted molar refractivity (Wildman–Crippen MR) is 140 cm³/mol. The number of amides is 1. The van der Waals surface area contributed by atoms with Crippen LogP contribution in [0.1, 0.15) is 36.2 Å². The summed E-state index contributed by atoms with van der Waals surface area (Å²) in [4.78, 5) is 27.4. The molecule has 0 saturated carbocycles. The molecular formula is C27H32F3N7O2. The van der Waals surface area contributed by atoms with Crippen molar-refractivity contribution in [3.63, 3.8) is 0 Å². The Morgan fingerprint density at radius 3 is 2.49 bits per heavy atom. The Bertz CT molecular complexity index is 1330. The van der Waals surface area contributed by atoms with Crippen molar-refractivity contribution in [1.29, 1.82) is 0 Å². The highest BCUT2D eigenvalue weighted by atomic mass is 19.4. The summed E-state index contributed by atoms with van der Waals surface area (Å²) in [5.41, 5.74) is 2.76. The number of fused-ring (bicyclic) bond motifs is 1. The summed E-state index contributed by atoms with van der Waals surface area (Å²) in [5.74, 6) is -0.0265. The molecule has 1 atom stereocenters. The third-order valence-corrected chi connectivity index (χ3v) is 7.31. The molecule has 0 unspecified atom stereocenters. The largest absolute Gasteiger partial charge is 0.464 e. The molecule has 0 radical (unpaired) electrons. The molecule has 2 aliphatic heterocycles. The molecule has 0 N–H and O–H groups in total. The summed E-state index contributed by atoms with van der Waals surface area (Å²) in [6.07, 6.45) is 0.885. The molecule has 208 valence electrons. The SMILES string of the molecule is CCOc1ncc(N2CCc3c(C(F)(F)F)ccc(N4CCN(C(=O)Cn5ccc(C)n5)[C@@H](C)C4)c3C2)cn1. The van der Waals surface area contributed by atoms with Crippen LogP contribution >= 0.6 is 0 Å². The Morgan fingerprint density at radius 1 is 1.08 bits per heavy atom. The van der Waals surface area contributed by atoms with Crippen LogP contribution in [0, 0.1) is 6.92 Å². The Kier molecular flexibility index (Phi) is 7.37. The number of carbonyl (C=O) groups excluding carboxylic acids is 1. The fourth-order valence-electron chi connectivity index (χ4n) is 5.45. The van der Waals surface area contributed by atoms with Gasteiger partial charge in [-0.3, -0.25) is 9.48 Å². The molecule has 12 heteroatoms. The van der Waals surface area contributed by atoms with E-state index in [9.17, 15) is 18.0 Å². The van der Waals surface area contributed by atoms with Gasteiger partial charge in [0.05, 0.1) is 35.9 Å². The second-order valence-corrected chi connectivity index (χ2v) is 9.95. The van der Waals surface area contributed by atoms with Gasteiger partial charge in [0, 0.05) is 50.6 Å². The Balaban J connectivity index is 1.38. The van der Waals surface area contributed by atoms with Crippen LogP contribution in [-0.2, 0) is 30.5 Å². The molecule has 1 fully saturated rings. The average Bonchev–Trinajstić information content (AvgIpc) is 3.31. The molecule has 5 rings (SSSR count). The van der Waals surface area contributed by atoms with Gasteiger partial charge in [-0.05, 0) is 56.5 Å². The number of halogens is 3. The minimum Gasteiger partial charge on any atom is -0.464 e. The van der Waals surface area contributed by atoms with Crippen molar-refractivity contribution in [1.82, 2.24) is 24.6 Å². The van der Waals surface area contributed by atoms with Crippen LogP contribution in [0.3, 0.4) is 0 Å². The van der Waals surface area contributed by atoms with Crippen LogP contribution in [0.5, 0.6) is 6.01 Å². The molecule has 0 bridgehead atoms. The van der Waals surface area contributed by atoms with E-state index >= 15 is 0 Å².